The fraction of sp³-hybridized carbons (Fsp3) is 0.263. The number of nitrogens with zero attached hydrogens (tertiary/aromatic N) is 1. The average molecular weight is 443 g/mol. The largest absolute Gasteiger partial charge is 0.417 e. The molecule has 0 unspecified atom stereocenters. The van der Waals surface area contributed by atoms with Gasteiger partial charge in [-0.1, -0.05) is 19.1 Å². The SMILES string of the molecule is CCN(CC(=O)Nc1ccc(NC(C)=O)cc1)S(=O)(=O)c1ccccc1C(F)(F)F. The lowest BCUT2D eigenvalue weighted by Gasteiger charge is -2.22. The number of likely N-dealkylation sites (N-methyl/N-ethyl adjacent to an activating group) is 1. The standard InChI is InChI=1S/C19H20F3N3O4S/c1-3-25(30(28,29)17-7-5-4-6-16(17)19(20,21)22)12-18(27)24-15-10-8-14(9-11-15)23-13(2)26/h4-11H,3,12H2,1-2H3,(H,23,26)(H,24,27). The summed E-state index contributed by atoms with van der Waals surface area (Å²) in [7, 11) is -4.57. The zero-order valence-corrected chi connectivity index (χ0v) is 17.0. The van der Waals surface area contributed by atoms with Gasteiger partial charge in [-0.15, -0.1) is 0 Å². The van der Waals surface area contributed by atoms with E-state index in [0.29, 0.717) is 21.7 Å². The van der Waals surface area contributed by atoms with E-state index >= 15 is 0 Å². The molecule has 2 rings (SSSR count). The van der Waals surface area contributed by atoms with E-state index < -0.39 is 39.1 Å². The minimum absolute atomic E-state index is 0.205. The van der Waals surface area contributed by atoms with Crippen LogP contribution in [0.4, 0.5) is 24.5 Å². The van der Waals surface area contributed by atoms with Crippen molar-refractivity contribution in [2.24, 2.45) is 0 Å². The van der Waals surface area contributed by atoms with Crippen LogP contribution < -0.4 is 10.6 Å². The van der Waals surface area contributed by atoms with Crippen LogP contribution in [-0.4, -0.2) is 37.6 Å². The number of hydrogen-bond donors (Lipinski definition) is 2. The first-order chi connectivity index (χ1) is 13.9. The smallest absolute Gasteiger partial charge is 0.326 e. The van der Waals surface area contributed by atoms with Crippen molar-refractivity contribution in [3.63, 3.8) is 0 Å². The highest BCUT2D eigenvalue weighted by Gasteiger charge is 2.38. The summed E-state index contributed by atoms with van der Waals surface area (Å²) < 4.78 is 65.9. The number of anilines is 2. The summed E-state index contributed by atoms with van der Waals surface area (Å²) in [6.45, 7) is 1.89. The zero-order valence-electron chi connectivity index (χ0n) is 16.2. The predicted octanol–water partition coefficient (Wildman–Crippen LogP) is 3.31. The van der Waals surface area contributed by atoms with E-state index in [0.717, 1.165) is 12.1 Å². The molecule has 0 spiro atoms. The Labute approximate surface area is 171 Å². The van der Waals surface area contributed by atoms with Gasteiger partial charge in [-0.3, -0.25) is 9.59 Å². The molecule has 0 saturated heterocycles. The van der Waals surface area contributed by atoms with E-state index in [1.807, 2.05) is 0 Å². The third-order valence-corrected chi connectivity index (χ3v) is 5.95. The molecule has 7 nitrogen and oxygen atoms in total. The van der Waals surface area contributed by atoms with Crippen molar-refractivity contribution in [3.8, 4) is 0 Å². The van der Waals surface area contributed by atoms with Gasteiger partial charge in [0, 0.05) is 24.8 Å². The van der Waals surface area contributed by atoms with Gasteiger partial charge in [0.15, 0.2) is 0 Å². The van der Waals surface area contributed by atoms with E-state index in [1.165, 1.54) is 44.2 Å². The van der Waals surface area contributed by atoms with E-state index in [9.17, 15) is 31.2 Å². The molecule has 0 aliphatic rings. The van der Waals surface area contributed by atoms with Crippen LogP contribution in [0.1, 0.15) is 19.4 Å². The van der Waals surface area contributed by atoms with Crippen LogP contribution >= 0.6 is 0 Å². The Morgan fingerprint density at radius 1 is 0.967 bits per heavy atom. The lowest BCUT2D eigenvalue weighted by atomic mass is 10.2. The second-order valence-electron chi connectivity index (χ2n) is 6.23. The molecule has 0 bridgehead atoms. The van der Waals surface area contributed by atoms with Crippen molar-refractivity contribution in [2.45, 2.75) is 24.9 Å². The topological polar surface area (TPSA) is 95.6 Å². The normalized spacial score (nSPS) is 11.9. The summed E-state index contributed by atoms with van der Waals surface area (Å²) in [4.78, 5) is 22.4. The summed E-state index contributed by atoms with van der Waals surface area (Å²) in [5, 5.41) is 5.03. The zero-order chi connectivity index (χ0) is 22.5. The number of sulfonamides is 1. The third kappa shape index (κ3) is 5.80. The second kappa shape index (κ2) is 9.26. The maximum atomic E-state index is 13.2. The Hall–Kier alpha value is -2.92. The van der Waals surface area contributed by atoms with Crippen LogP contribution in [0.2, 0.25) is 0 Å². The lowest BCUT2D eigenvalue weighted by molar-refractivity contribution is -0.139. The summed E-state index contributed by atoms with van der Waals surface area (Å²) in [5.74, 6) is -0.994. The fourth-order valence-corrected chi connectivity index (χ4v) is 4.25. The Bertz CT molecular complexity index is 1020. The van der Waals surface area contributed by atoms with E-state index in [4.69, 9.17) is 0 Å². The Kier molecular flexibility index (Phi) is 7.21. The van der Waals surface area contributed by atoms with Crippen LogP contribution in [0, 0.1) is 0 Å². The molecule has 2 aromatic carbocycles. The summed E-state index contributed by atoms with van der Waals surface area (Å²) >= 11 is 0. The summed E-state index contributed by atoms with van der Waals surface area (Å²) in [6.07, 6.45) is -4.86. The number of alkyl halides is 3. The highest BCUT2D eigenvalue weighted by atomic mass is 32.2. The van der Waals surface area contributed by atoms with E-state index in [1.54, 1.807) is 0 Å². The van der Waals surface area contributed by atoms with Crippen molar-refractivity contribution >= 4 is 33.2 Å². The van der Waals surface area contributed by atoms with Crippen molar-refractivity contribution < 1.29 is 31.2 Å². The highest BCUT2D eigenvalue weighted by molar-refractivity contribution is 7.89. The van der Waals surface area contributed by atoms with E-state index in [-0.39, 0.29) is 12.5 Å². The molecule has 162 valence electrons. The Morgan fingerprint density at radius 3 is 2.00 bits per heavy atom. The molecule has 11 heteroatoms. The van der Waals surface area contributed by atoms with Crippen molar-refractivity contribution in [1.29, 1.82) is 0 Å². The van der Waals surface area contributed by atoms with Crippen molar-refractivity contribution in [1.82, 2.24) is 4.31 Å². The maximum Gasteiger partial charge on any atom is 0.417 e. The van der Waals surface area contributed by atoms with Gasteiger partial charge in [-0.05, 0) is 36.4 Å². The molecule has 0 fully saturated rings. The molecule has 2 aromatic rings. The minimum atomic E-state index is -4.86. The van der Waals surface area contributed by atoms with Crippen LogP contribution in [-0.2, 0) is 25.8 Å². The molecule has 2 N–H and O–H groups in total. The lowest BCUT2D eigenvalue weighted by Crippen LogP contribution is -2.38. The van der Waals surface area contributed by atoms with Gasteiger partial charge < -0.3 is 10.6 Å². The van der Waals surface area contributed by atoms with Crippen LogP contribution in [0.25, 0.3) is 0 Å². The molecule has 0 atom stereocenters. The molecular formula is C19H20F3N3O4S. The first-order valence-electron chi connectivity index (χ1n) is 8.79. The van der Waals surface area contributed by atoms with Gasteiger partial charge >= 0.3 is 6.18 Å². The highest BCUT2D eigenvalue weighted by Crippen LogP contribution is 2.35. The Morgan fingerprint density at radius 2 is 1.50 bits per heavy atom. The number of benzene rings is 2. The van der Waals surface area contributed by atoms with E-state index in [2.05, 4.69) is 10.6 Å². The van der Waals surface area contributed by atoms with Crippen molar-refractivity contribution in [3.05, 3.63) is 54.1 Å². The predicted molar refractivity (Wildman–Crippen MR) is 105 cm³/mol. The first kappa shape index (κ1) is 23.4. The molecule has 0 aliphatic heterocycles. The number of nitrogens with one attached hydrogen (secondary N) is 2. The Balaban J connectivity index is 2.18. The summed E-state index contributed by atoms with van der Waals surface area (Å²) in [5.41, 5.74) is -0.460. The number of halogens is 3. The van der Waals surface area contributed by atoms with Gasteiger partial charge in [-0.25, -0.2) is 8.42 Å². The van der Waals surface area contributed by atoms with Crippen LogP contribution in [0.15, 0.2) is 53.4 Å². The quantitative estimate of drug-likeness (QED) is 0.686. The molecule has 30 heavy (non-hydrogen) atoms. The first-order valence-corrected chi connectivity index (χ1v) is 10.2. The number of carbonyl (C=O) groups is 2. The fourth-order valence-electron chi connectivity index (χ4n) is 2.63. The second-order valence-corrected chi connectivity index (χ2v) is 8.14. The monoisotopic (exact) mass is 443 g/mol. The molecular weight excluding hydrogens is 423 g/mol. The van der Waals surface area contributed by atoms with Crippen LogP contribution in [0.3, 0.4) is 0 Å². The average Bonchev–Trinajstić information content (AvgIpc) is 2.66. The molecule has 0 heterocycles. The molecule has 2 amide bonds. The van der Waals surface area contributed by atoms with Crippen molar-refractivity contribution in [2.75, 3.05) is 23.7 Å². The number of hydrogen-bond acceptors (Lipinski definition) is 4. The van der Waals surface area contributed by atoms with Gasteiger partial charge in [-0.2, -0.15) is 17.5 Å². The molecule has 0 aromatic heterocycles. The van der Waals surface area contributed by atoms with Gasteiger partial charge in [0.1, 0.15) is 0 Å². The summed E-state index contributed by atoms with van der Waals surface area (Å²) in [6, 6.07) is 9.87. The maximum absolute atomic E-state index is 13.2. The minimum Gasteiger partial charge on any atom is -0.326 e. The number of amides is 2. The number of rotatable bonds is 7. The molecule has 0 saturated carbocycles. The van der Waals surface area contributed by atoms with Gasteiger partial charge in [0.2, 0.25) is 21.8 Å². The molecule has 0 radical (unpaired) electrons. The van der Waals surface area contributed by atoms with Gasteiger partial charge in [0.05, 0.1) is 17.0 Å². The number of carbonyl (C=O) groups excluding carboxylic acids is 2. The van der Waals surface area contributed by atoms with Gasteiger partial charge in [0.25, 0.3) is 0 Å². The van der Waals surface area contributed by atoms with Crippen LogP contribution in [0.5, 0.6) is 0 Å². The third-order valence-electron chi connectivity index (χ3n) is 3.97. The molecule has 0 aliphatic carbocycles.